The molecule has 0 amide bonds. The van der Waals surface area contributed by atoms with Crippen LogP contribution in [0.15, 0.2) is 35.2 Å². The smallest absolute Gasteiger partial charge is 0.0601 e. The number of aliphatic hydroxyl groups is 1. The molecular weight excluding hydrogens is 216 g/mol. The van der Waals surface area contributed by atoms with Crippen LogP contribution in [-0.2, 0) is 0 Å². The molecule has 2 heteroatoms. The average molecular weight is 236 g/mol. The van der Waals surface area contributed by atoms with Gasteiger partial charge >= 0.3 is 0 Å². The molecule has 0 heterocycles. The molecule has 1 aliphatic carbocycles. The summed E-state index contributed by atoms with van der Waals surface area (Å²) < 4.78 is 0. The lowest BCUT2D eigenvalue weighted by Gasteiger charge is -2.42. The minimum Gasteiger partial charge on any atom is -0.393 e. The van der Waals surface area contributed by atoms with E-state index in [0.717, 1.165) is 12.2 Å². The zero-order chi connectivity index (χ0) is 11.4. The number of benzene rings is 1. The molecule has 0 spiro atoms. The second kappa shape index (κ2) is 5.24. The zero-order valence-electron chi connectivity index (χ0n) is 9.86. The van der Waals surface area contributed by atoms with Gasteiger partial charge in [0.1, 0.15) is 0 Å². The number of hydrogen-bond acceptors (Lipinski definition) is 2. The fourth-order valence-corrected chi connectivity index (χ4v) is 3.15. The van der Waals surface area contributed by atoms with Crippen LogP contribution in [0, 0.1) is 5.41 Å². The highest BCUT2D eigenvalue weighted by Gasteiger charge is 2.38. The summed E-state index contributed by atoms with van der Waals surface area (Å²) in [5.74, 6) is 1.01. The zero-order valence-corrected chi connectivity index (χ0v) is 10.7. The monoisotopic (exact) mass is 236 g/mol. The maximum absolute atomic E-state index is 10.1. The Labute approximate surface area is 102 Å². The molecule has 1 fully saturated rings. The van der Waals surface area contributed by atoms with E-state index in [4.69, 9.17) is 0 Å². The third kappa shape index (κ3) is 2.80. The van der Waals surface area contributed by atoms with Crippen molar-refractivity contribution >= 4 is 11.8 Å². The van der Waals surface area contributed by atoms with E-state index in [2.05, 4.69) is 31.2 Å². The van der Waals surface area contributed by atoms with Crippen molar-refractivity contribution in [1.29, 1.82) is 0 Å². The van der Waals surface area contributed by atoms with Crippen molar-refractivity contribution in [2.45, 2.75) is 43.6 Å². The van der Waals surface area contributed by atoms with E-state index in [1.807, 2.05) is 17.8 Å². The molecule has 2 rings (SSSR count). The molecule has 1 unspecified atom stereocenters. The molecule has 0 bridgehead atoms. The second-order valence-corrected chi connectivity index (χ2v) is 6.14. The molecule has 1 aromatic rings. The molecule has 1 nitrogen and oxygen atoms in total. The Balaban J connectivity index is 1.72. The van der Waals surface area contributed by atoms with Crippen molar-refractivity contribution in [3.63, 3.8) is 0 Å². The van der Waals surface area contributed by atoms with Gasteiger partial charge in [-0.3, -0.25) is 0 Å². The molecule has 0 aromatic heterocycles. The summed E-state index contributed by atoms with van der Waals surface area (Å²) in [7, 11) is 0. The van der Waals surface area contributed by atoms with Gasteiger partial charge in [0.25, 0.3) is 0 Å². The Bertz CT molecular complexity index is 319. The number of thioether (sulfide) groups is 1. The summed E-state index contributed by atoms with van der Waals surface area (Å²) in [6.45, 7) is 2.22. The minimum absolute atomic E-state index is 0.113. The molecular formula is C14H20OS. The van der Waals surface area contributed by atoms with E-state index in [1.54, 1.807) is 0 Å². The Morgan fingerprint density at radius 3 is 2.56 bits per heavy atom. The topological polar surface area (TPSA) is 20.2 Å². The molecule has 1 atom stereocenters. The van der Waals surface area contributed by atoms with E-state index < -0.39 is 0 Å². The van der Waals surface area contributed by atoms with Crippen molar-refractivity contribution in [2.75, 3.05) is 5.75 Å². The van der Waals surface area contributed by atoms with Crippen LogP contribution in [0.1, 0.15) is 32.6 Å². The van der Waals surface area contributed by atoms with Crippen LogP contribution in [-0.4, -0.2) is 17.0 Å². The van der Waals surface area contributed by atoms with E-state index in [9.17, 15) is 5.11 Å². The van der Waals surface area contributed by atoms with Crippen LogP contribution in [0.5, 0.6) is 0 Å². The standard InChI is InChI=1S/C14H20OS/c1-14(9-5-10-14)13(15)8-11-16-12-6-3-2-4-7-12/h2-4,6-7,13,15H,5,8-11H2,1H3. The summed E-state index contributed by atoms with van der Waals surface area (Å²) in [6, 6.07) is 10.4. The van der Waals surface area contributed by atoms with E-state index in [0.29, 0.717) is 0 Å². The Kier molecular flexibility index (Phi) is 3.93. The first-order chi connectivity index (χ1) is 7.71. The fraction of sp³-hybridized carbons (Fsp3) is 0.571. The Hall–Kier alpha value is -0.470. The van der Waals surface area contributed by atoms with Gasteiger partial charge in [-0.1, -0.05) is 31.5 Å². The molecule has 0 saturated heterocycles. The van der Waals surface area contributed by atoms with Gasteiger partial charge in [-0.25, -0.2) is 0 Å². The van der Waals surface area contributed by atoms with Crippen molar-refractivity contribution in [1.82, 2.24) is 0 Å². The molecule has 1 aliphatic rings. The molecule has 0 aliphatic heterocycles. The fourth-order valence-electron chi connectivity index (χ4n) is 2.22. The van der Waals surface area contributed by atoms with Gasteiger partial charge in [0, 0.05) is 10.6 Å². The van der Waals surface area contributed by atoms with Crippen molar-refractivity contribution in [3.05, 3.63) is 30.3 Å². The second-order valence-electron chi connectivity index (χ2n) is 4.97. The quantitative estimate of drug-likeness (QED) is 0.786. The number of hydrogen-bond donors (Lipinski definition) is 1. The Morgan fingerprint density at radius 1 is 1.31 bits per heavy atom. The summed E-state index contributed by atoms with van der Waals surface area (Å²) in [5.41, 5.74) is 0.219. The first-order valence-electron chi connectivity index (χ1n) is 6.07. The maximum Gasteiger partial charge on any atom is 0.0601 e. The minimum atomic E-state index is -0.113. The van der Waals surface area contributed by atoms with Crippen molar-refractivity contribution in [2.24, 2.45) is 5.41 Å². The van der Waals surface area contributed by atoms with Crippen LogP contribution >= 0.6 is 11.8 Å². The SMILES string of the molecule is CC1(C(O)CCSc2ccccc2)CCC1. The first kappa shape index (κ1) is 12.0. The van der Waals surface area contributed by atoms with E-state index >= 15 is 0 Å². The van der Waals surface area contributed by atoms with Gasteiger partial charge < -0.3 is 5.11 Å². The molecule has 1 saturated carbocycles. The number of aliphatic hydroxyl groups excluding tert-OH is 1. The lowest BCUT2D eigenvalue weighted by molar-refractivity contribution is -0.0210. The van der Waals surface area contributed by atoms with Gasteiger partial charge in [-0.05, 0) is 36.8 Å². The van der Waals surface area contributed by atoms with Gasteiger partial charge in [0.15, 0.2) is 0 Å². The molecule has 1 aromatic carbocycles. The van der Waals surface area contributed by atoms with Crippen LogP contribution < -0.4 is 0 Å². The van der Waals surface area contributed by atoms with Gasteiger partial charge in [-0.2, -0.15) is 0 Å². The summed E-state index contributed by atoms with van der Waals surface area (Å²) >= 11 is 1.84. The van der Waals surface area contributed by atoms with E-state index in [1.165, 1.54) is 24.2 Å². The summed E-state index contributed by atoms with van der Waals surface area (Å²) in [6.07, 6.45) is 4.49. The summed E-state index contributed by atoms with van der Waals surface area (Å²) in [4.78, 5) is 1.30. The largest absolute Gasteiger partial charge is 0.393 e. The normalized spacial score (nSPS) is 20.1. The van der Waals surface area contributed by atoms with Crippen molar-refractivity contribution < 1.29 is 5.11 Å². The van der Waals surface area contributed by atoms with E-state index in [-0.39, 0.29) is 11.5 Å². The first-order valence-corrected chi connectivity index (χ1v) is 7.05. The van der Waals surface area contributed by atoms with Crippen LogP contribution in [0.4, 0.5) is 0 Å². The van der Waals surface area contributed by atoms with Gasteiger partial charge in [0.2, 0.25) is 0 Å². The van der Waals surface area contributed by atoms with Crippen LogP contribution in [0.25, 0.3) is 0 Å². The number of rotatable bonds is 5. The average Bonchev–Trinajstić information content (AvgIpc) is 2.27. The third-order valence-electron chi connectivity index (χ3n) is 3.70. The summed E-state index contributed by atoms with van der Waals surface area (Å²) in [5, 5.41) is 10.1. The molecule has 88 valence electrons. The lowest BCUT2D eigenvalue weighted by atomic mass is 9.66. The predicted octanol–water partition coefficient (Wildman–Crippen LogP) is 3.72. The molecule has 1 N–H and O–H groups in total. The molecule has 16 heavy (non-hydrogen) atoms. The van der Waals surface area contributed by atoms with Gasteiger partial charge in [0.05, 0.1) is 6.10 Å². The van der Waals surface area contributed by atoms with Crippen molar-refractivity contribution in [3.8, 4) is 0 Å². The highest BCUT2D eigenvalue weighted by Crippen LogP contribution is 2.44. The van der Waals surface area contributed by atoms with Crippen LogP contribution in [0.3, 0.4) is 0 Å². The highest BCUT2D eigenvalue weighted by molar-refractivity contribution is 7.99. The van der Waals surface area contributed by atoms with Crippen LogP contribution in [0.2, 0.25) is 0 Å². The Morgan fingerprint density at radius 2 is 2.00 bits per heavy atom. The highest BCUT2D eigenvalue weighted by atomic mass is 32.2. The lowest BCUT2D eigenvalue weighted by Crippen LogP contribution is -2.38. The molecule has 0 radical (unpaired) electrons. The van der Waals surface area contributed by atoms with Gasteiger partial charge in [-0.15, -0.1) is 11.8 Å². The predicted molar refractivity (Wildman–Crippen MR) is 69.7 cm³/mol. The third-order valence-corrected chi connectivity index (χ3v) is 4.75. The maximum atomic E-state index is 10.1.